The molecule has 3 aromatic heterocycles. The third-order valence-corrected chi connectivity index (χ3v) is 11.5. The first kappa shape index (κ1) is 30.7. The van der Waals surface area contributed by atoms with E-state index in [1.165, 1.54) is 42.1 Å². The maximum Gasteiger partial charge on any atom is 0.164 e. The molecule has 54 heavy (non-hydrogen) atoms. The monoisotopic (exact) mass is 707 g/mol. The van der Waals surface area contributed by atoms with Crippen LogP contribution in [0.15, 0.2) is 180 Å². The Balaban J connectivity index is 1.17. The lowest BCUT2D eigenvalue weighted by Crippen LogP contribution is -2.00. The summed E-state index contributed by atoms with van der Waals surface area (Å²) in [6.45, 7) is 0. The zero-order valence-corrected chi connectivity index (χ0v) is 29.7. The second kappa shape index (κ2) is 12.3. The highest BCUT2D eigenvalue weighted by Gasteiger charge is 2.22. The number of benzene rings is 8. The lowest BCUT2D eigenvalue weighted by molar-refractivity contribution is 0.669. The van der Waals surface area contributed by atoms with Gasteiger partial charge in [0.25, 0.3) is 0 Å². The van der Waals surface area contributed by atoms with E-state index < -0.39 is 0 Å². The molecule has 0 bridgehead atoms. The Morgan fingerprint density at radius 1 is 0.370 bits per heavy atom. The Morgan fingerprint density at radius 3 is 1.65 bits per heavy atom. The molecule has 8 aromatic carbocycles. The summed E-state index contributed by atoms with van der Waals surface area (Å²) in [5.41, 5.74) is 8.96. The maximum absolute atomic E-state index is 6.66. The molecule has 0 aliphatic carbocycles. The second-order valence-electron chi connectivity index (χ2n) is 13.5. The molecule has 252 valence electrons. The molecular formula is C49H29N3OS. The molecule has 0 aliphatic heterocycles. The van der Waals surface area contributed by atoms with Gasteiger partial charge in [0, 0.05) is 47.6 Å². The van der Waals surface area contributed by atoms with Gasteiger partial charge in [-0.25, -0.2) is 15.0 Å². The zero-order chi connectivity index (χ0) is 35.6. The van der Waals surface area contributed by atoms with Crippen LogP contribution >= 0.6 is 11.3 Å². The van der Waals surface area contributed by atoms with Gasteiger partial charge in [0.1, 0.15) is 11.2 Å². The summed E-state index contributed by atoms with van der Waals surface area (Å²) in [4.78, 5) is 15.4. The van der Waals surface area contributed by atoms with Gasteiger partial charge in [0.15, 0.2) is 17.5 Å². The molecule has 0 amide bonds. The van der Waals surface area contributed by atoms with Crippen LogP contribution < -0.4 is 0 Å². The second-order valence-corrected chi connectivity index (χ2v) is 14.6. The van der Waals surface area contributed by atoms with Gasteiger partial charge < -0.3 is 4.42 Å². The van der Waals surface area contributed by atoms with E-state index >= 15 is 0 Å². The highest BCUT2D eigenvalue weighted by Crippen LogP contribution is 2.48. The summed E-state index contributed by atoms with van der Waals surface area (Å²) in [7, 11) is 0. The standard InChI is InChI=1S/C49H29N3OS/c1-3-13-30(14-4-1)31-25-27-33(28-26-31)48-50-47(32-15-5-2-6-16-32)51-49(52-48)38-21-12-23-41-45(38)44-36(20-11-22-40(44)53-41)39-29-34-17-7-8-18-35(34)46-43(39)37-19-9-10-24-42(37)54-46/h1-29H. The SMILES string of the molecule is c1ccc(-c2ccc(-c3nc(-c4ccccc4)nc(-c4cccc5oc6cccc(-c7cc8ccccc8c8sc9ccccc9c78)c6c45)n3)cc2)cc1. The van der Waals surface area contributed by atoms with Gasteiger partial charge in [-0.2, -0.15) is 0 Å². The van der Waals surface area contributed by atoms with E-state index in [2.05, 4.69) is 127 Å². The van der Waals surface area contributed by atoms with Gasteiger partial charge in [-0.1, -0.05) is 152 Å². The van der Waals surface area contributed by atoms with Gasteiger partial charge in [0.05, 0.1) is 0 Å². The summed E-state index contributed by atoms with van der Waals surface area (Å²) >= 11 is 1.86. The van der Waals surface area contributed by atoms with Crippen molar-refractivity contribution in [1.82, 2.24) is 15.0 Å². The lowest BCUT2D eigenvalue weighted by Gasteiger charge is -2.12. The summed E-state index contributed by atoms with van der Waals surface area (Å²) in [6, 6.07) is 61.3. The average Bonchev–Trinajstić information content (AvgIpc) is 3.84. The fourth-order valence-corrected chi connectivity index (χ4v) is 9.10. The Kier molecular flexibility index (Phi) is 7.00. The Labute approximate surface area is 314 Å². The minimum atomic E-state index is 0.596. The normalized spacial score (nSPS) is 11.7. The number of aromatic nitrogens is 3. The predicted octanol–water partition coefficient (Wildman–Crippen LogP) is 13.6. The highest BCUT2D eigenvalue weighted by molar-refractivity contribution is 7.26. The number of hydrogen-bond donors (Lipinski definition) is 0. The maximum atomic E-state index is 6.66. The number of fused-ring (bicyclic) bond motifs is 8. The van der Waals surface area contributed by atoms with Crippen molar-refractivity contribution in [2.24, 2.45) is 0 Å². The molecule has 0 unspecified atom stereocenters. The number of nitrogens with zero attached hydrogens (tertiary/aromatic N) is 3. The highest BCUT2D eigenvalue weighted by atomic mass is 32.1. The molecule has 0 aliphatic rings. The molecule has 5 heteroatoms. The lowest BCUT2D eigenvalue weighted by atomic mass is 9.92. The van der Waals surface area contributed by atoms with Crippen LogP contribution in [0.5, 0.6) is 0 Å². The summed E-state index contributed by atoms with van der Waals surface area (Å²) in [5.74, 6) is 1.83. The molecule has 0 saturated carbocycles. The third kappa shape index (κ3) is 4.94. The van der Waals surface area contributed by atoms with E-state index in [0.29, 0.717) is 17.5 Å². The van der Waals surface area contributed by atoms with Gasteiger partial charge in [0.2, 0.25) is 0 Å². The molecule has 0 N–H and O–H groups in total. The minimum absolute atomic E-state index is 0.596. The molecule has 4 nitrogen and oxygen atoms in total. The van der Waals surface area contributed by atoms with E-state index in [4.69, 9.17) is 19.4 Å². The van der Waals surface area contributed by atoms with E-state index in [-0.39, 0.29) is 0 Å². The van der Waals surface area contributed by atoms with Crippen LogP contribution in [0, 0.1) is 0 Å². The number of furan rings is 1. The molecule has 11 rings (SSSR count). The Hall–Kier alpha value is -6.95. The predicted molar refractivity (Wildman–Crippen MR) is 225 cm³/mol. The van der Waals surface area contributed by atoms with Crippen molar-refractivity contribution in [3.8, 4) is 56.4 Å². The van der Waals surface area contributed by atoms with Crippen LogP contribution in [-0.4, -0.2) is 15.0 Å². The molecule has 0 radical (unpaired) electrons. The van der Waals surface area contributed by atoms with Crippen LogP contribution in [0.2, 0.25) is 0 Å². The van der Waals surface area contributed by atoms with E-state index in [0.717, 1.165) is 49.8 Å². The van der Waals surface area contributed by atoms with E-state index in [1.54, 1.807) is 0 Å². The van der Waals surface area contributed by atoms with Crippen molar-refractivity contribution in [3.63, 3.8) is 0 Å². The fraction of sp³-hybridized carbons (Fsp3) is 0. The molecule has 0 saturated heterocycles. The van der Waals surface area contributed by atoms with Crippen LogP contribution in [0.4, 0.5) is 0 Å². The zero-order valence-electron chi connectivity index (χ0n) is 28.9. The van der Waals surface area contributed by atoms with Crippen LogP contribution in [-0.2, 0) is 0 Å². The molecule has 3 heterocycles. The molecule has 0 spiro atoms. The summed E-state index contributed by atoms with van der Waals surface area (Å²) < 4.78 is 9.23. The van der Waals surface area contributed by atoms with Crippen molar-refractivity contribution in [2.45, 2.75) is 0 Å². The van der Waals surface area contributed by atoms with Crippen LogP contribution in [0.25, 0.3) is 109 Å². The van der Waals surface area contributed by atoms with Gasteiger partial charge >= 0.3 is 0 Å². The van der Waals surface area contributed by atoms with E-state index in [9.17, 15) is 0 Å². The number of hydrogen-bond acceptors (Lipinski definition) is 5. The summed E-state index contributed by atoms with van der Waals surface area (Å²) in [5, 5.41) is 7.04. The van der Waals surface area contributed by atoms with Gasteiger partial charge in [-0.05, 0) is 57.3 Å². The topological polar surface area (TPSA) is 51.8 Å². The fourth-order valence-electron chi connectivity index (χ4n) is 7.83. The van der Waals surface area contributed by atoms with Gasteiger partial charge in [-0.3, -0.25) is 0 Å². The van der Waals surface area contributed by atoms with Crippen LogP contribution in [0.1, 0.15) is 0 Å². The average molecular weight is 708 g/mol. The van der Waals surface area contributed by atoms with Crippen molar-refractivity contribution in [3.05, 3.63) is 176 Å². The number of rotatable bonds is 5. The van der Waals surface area contributed by atoms with Crippen molar-refractivity contribution in [1.29, 1.82) is 0 Å². The molecular weight excluding hydrogens is 679 g/mol. The smallest absolute Gasteiger partial charge is 0.164 e. The minimum Gasteiger partial charge on any atom is -0.456 e. The first-order chi connectivity index (χ1) is 26.8. The third-order valence-electron chi connectivity index (χ3n) is 10.3. The van der Waals surface area contributed by atoms with Crippen molar-refractivity contribution in [2.75, 3.05) is 0 Å². The number of thiophene rings is 1. The van der Waals surface area contributed by atoms with Crippen LogP contribution in [0.3, 0.4) is 0 Å². The van der Waals surface area contributed by atoms with E-state index in [1.807, 2.05) is 59.9 Å². The quantitative estimate of drug-likeness (QED) is 0.179. The first-order valence-electron chi connectivity index (χ1n) is 18.0. The molecule has 11 aromatic rings. The Morgan fingerprint density at radius 2 is 0.907 bits per heavy atom. The Bertz CT molecular complexity index is 3200. The molecule has 0 fully saturated rings. The molecule has 0 atom stereocenters. The van der Waals surface area contributed by atoms with Gasteiger partial charge in [-0.15, -0.1) is 11.3 Å². The van der Waals surface area contributed by atoms with Crippen molar-refractivity contribution >= 4 is 64.2 Å². The summed E-state index contributed by atoms with van der Waals surface area (Å²) in [6.07, 6.45) is 0. The largest absolute Gasteiger partial charge is 0.456 e. The first-order valence-corrected chi connectivity index (χ1v) is 18.8. The van der Waals surface area contributed by atoms with Crippen molar-refractivity contribution < 1.29 is 4.42 Å².